The summed E-state index contributed by atoms with van der Waals surface area (Å²) in [6, 6.07) is 11.6. The zero-order valence-corrected chi connectivity index (χ0v) is 23.2. The molecule has 0 saturated carbocycles. The second-order valence-electron chi connectivity index (χ2n) is 10.6. The maximum absolute atomic E-state index is 13.7. The number of nitrogens with zero attached hydrogens (tertiary/aromatic N) is 2. The van der Waals surface area contributed by atoms with Gasteiger partial charge in [-0.3, -0.25) is 4.90 Å². The van der Waals surface area contributed by atoms with E-state index in [9.17, 15) is 23.4 Å². The third kappa shape index (κ3) is 6.29. The summed E-state index contributed by atoms with van der Waals surface area (Å²) in [5, 5.41) is 19.2. The summed E-state index contributed by atoms with van der Waals surface area (Å²) in [5.74, 6) is -0.800. The Labute approximate surface area is 225 Å². The zero-order chi connectivity index (χ0) is 27.4. The van der Waals surface area contributed by atoms with Crippen molar-refractivity contribution in [1.29, 1.82) is 0 Å². The summed E-state index contributed by atoms with van der Waals surface area (Å²) in [7, 11) is -1.95. The van der Waals surface area contributed by atoms with Gasteiger partial charge < -0.3 is 14.9 Å². The Morgan fingerprint density at radius 3 is 2.68 bits per heavy atom. The van der Waals surface area contributed by atoms with Crippen LogP contribution in [-0.4, -0.2) is 72.7 Å². The Balaban J connectivity index is 1.67. The molecule has 3 atom stereocenters. The van der Waals surface area contributed by atoms with Crippen LogP contribution in [0.2, 0.25) is 0 Å². The highest BCUT2D eigenvalue weighted by Gasteiger charge is 2.38. The Hall–Kier alpha value is -2.72. The summed E-state index contributed by atoms with van der Waals surface area (Å²) in [6.45, 7) is 4.63. The predicted molar refractivity (Wildman–Crippen MR) is 147 cm³/mol. The van der Waals surface area contributed by atoms with E-state index in [1.54, 1.807) is 31.2 Å². The SMILES string of the molecule is C[C@@H]1CN([C@@H](C)CO)S(=O)(=O)c2ccc(C3=CCCCC3)cc2O[C@@H]1CN(C)Cc1cccc(C(=O)O)c1. The van der Waals surface area contributed by atoms with Crippen molar-refractivity contribution in [2.24, 2.45) is 5.92 Å². The second kappa shape index (κ2) is 12.0. The molecule has 0 bridgehead atoms. The van der Waals surface area contributed by atoms with E-state index in [0.717, 1.165) is 36.8 Å². The van der Waals surface area contributed by atoms with Gasteiger partial charge in [0.15, 0.2) is 0 Å². The van der Waals surface area contributed by atoms with Gasteiger partial charge in [0.25, 0.3) is 0 Å². The van der Waals surface area contributed by atoms with E-state index >= 15 is 0 Å². The van der Waals surface area contributed by atoms with Gasteiger partial charge in [-0.1, -0.05) is 31.2 Å². The molecule has 0 saturated heterocycles. The summed E-state index contributed by atoms with van der Waals surface area (Å²) in [4.78, 5) is 13.6. The molecule has 0 unspecified atom stereocenters. The van der Waals surface area contributed by atoms with Gasteiger partial charge in [-0.05, 0) is 80.6 Å². The van der Waals surface area contributed by atoms with Crippen LogP contribution in [0.4, 0.5) is 0 Å². The van der Waals surface area contributed by atoms with E-state index in [-0.39, 0.29) is 35.6 Å². The molecule has 0 amide bonds. The van der Waals surface area contributed by atoms with Crippen molar-refractivity contribution in [3.05, 3.63) is 65.2 Å². The normalized spacial score (nSPS) is 22.5. The van der Waals surface area contributed by atoms with Crippen molar-refractivity contribution in [3.8, 4) is 5.75 Å². The van der Waals surface area contributed by atoms with Gasteiger partial charge in [0, 0.05) is 31.6 Å². The number of ether oxygens (including phenoxy) is 1. The van der Waals surface area contributed by atoms with Crippen LogP contribution in [0.15, 0.2) is 53.4 Å². The van der Waals surface area contributed by atoms with Gasteiger partial charge in [-0.2, -0.15) is 4.31 Å². The van der Waals surface area contributed by atoms with E-state index in [0.29, 0.717) is 18.8 Å². The van der Waals surface area contributed by atoms with Gasteiger partial charge in [0.05, 0.1) is 12.2 Å². The number of carboxylic acid groups (broad SMARTS) is 1. The van der Waals surface area contributed by atoms with Crippen molar-refractivity contribution < 1.29 is 28.2 Å². The molecule has 2 aromatic carbocycles. The predicted octanol–water partition coefficient (Wildman–Crippen LogP) is 4.24. The van der Waals surface area contributed by atoms with Gasteiger partial charge >= 0.3 is 5.97 Å². The summed E-state index contributed by atoms with van der Waals surface area (Å²) < 4.78 is 35.4. The fourth-order valence-corrected chi connectivity index (χ4v) is 7.06. The molecule has 1 aliphatic carbocycles. The van der Waals surface area contributed by atoms with Crippen LogP contribution >= 0.6 is 0 Å². The standard InChI is InChI=1S/C29H38N2O6S/c1-20-16-31(21(2)19-32)38(35,36)28-13-12-24(23-9-5-4-6-10-23)15-26(28)37-27(20)18-30(3)17-22-8-7-11-25(14-22)29(33)34/h7-9,11-15,20-21,27,32H,4-6,10,16-19H2,1-3H3,(H,33,34)/t20-,21+,27-/m1/s1. The summed E-state index contributed by atoms with van der Waals surface area (Å²) >= 11 is 0. The van der Waals surface area contributed by atoms with E-state index in [1.165, 1.54) is 9.88 Å². The van der Waals surface area contributed by atoms with Crippen LogP contribution in [0, 0.1) is 5.92 Å². The first-order valence-electron chi connectivity index (χ1n) is 13.2. The molecule has 9 heteroatoms. The number of carboxylic acids is 1. The number of hydrogen-bond acceptors (Lipinski definition) is 6. The number of likely N-dealkylation sites (N-methyl/N-ethyl adjacent to an activating group) is 1. The van der Waals surface area contributed by atoms with Crippen LogP contribution in [0.25, 0.3) is 5.57 Å². The Kier molecular flexibility index (Phi) is 8.92. The lowest BCUT2D eigenvalue weighted by atomic mass is 9.93. The minimum absolute atomic E-state index is 0.117. The van der Waals surface area contributed by atoms with Crippen LogP contribution in [0.5, 0.6) is 5.75 Å². The third-order valence-electron chi connectivity index (χ3n) is 7.45. The van der Waals surface area contributed by atoms with E-state index in [2.05, 4.69) is 11.0 Å². The van der Waals surface area contributed by atoms with E-state index < -0.39 is 22.0 Å². The lowest BCUT2D eigenvalue weighted by Gasteiger charge is -2.37. The van der Waals surface area contributed by atoms with Crippen LogP contribution in [0.1, 0.15) is 61.0 Å². The molecule has 0 radical (unpaired) electrons. The molecule has 1 aliphatic heterocycles. The second-order valence-corrected chi connectivity index (χ2v) is 12.4. The highest BCUT2D eigenvalue weighted by molar-refractivity contribution is 7.89. The Morgan fingerprint density at radius 2 is 2.00 bits per heavy atom. The van der Waals surface area contributed by atoms with Gasteiger partial charge in [0.2, 0.25) is 10.0 Å². The number of allylic oxidation sites excluding steroid dienone is 2. The topological polar surface area (TPSA) is 107 Å². The molecule has 2 aliphatic rings. The van der Waals surface area contributed by atoms with Crippen LogP contribution < -0.4 is 4.74 Å². The number of fused-ring (bicyclic) bond motifs is 1. The molecule has 4 rings (SSSR count). The smallest absolute Gasteiger partial charge is 0.335 e. The van der Waals surface area contributed by atoms with E-state index in [1.807, 2.05) is 32.2 Å². The number of aliphatic hydroxyl groups is 1. The number of aromatic carboxylic acids is 1. The average Bonchev–Trinajstić information content (AvgIpc) is 2.90. The molecular formula is C29H38N2O6S. The average molecular weight is 543 g/mol. The quantitative estimate of drug-likeness (QED) is 0.514. The molecular weight excluding hydrogens is 504 g/mol. The number of benzene rings is 2. The highest BCUT2D eigenvalue weighted by Crippen LogP contribution is 2.37. The van der Waals surface area contributed by atoms with Gasteiger partial charge in [-0.25, -0.2) is 13.2 Å². The summed E-state index contributed by atoms with van der Waals surface area (Å²) in [5.41, 5.74) is 3.30. The molecule has 0 spiro atoms. The Bertz CT molecular complexity index is 1290. The van der Waals surface area contributed by atoms with Gasteiger partial charge in [-0.15, -0.1) is 0 Å². The van der Waals surface area contributed by atoms with Gasteiger partial charge in [0.1, 0.15) is 16.7 Å². The molecule has 38 heavy (non-hydrogen) atoms. The molecule has 206 valence electrons. The number of carbonyl (C=O) groups is 1. The number of hydrogen-bond donors (Lipinski definition) is 2. The third-order valence-corrected chi connectivity index (χ3v) is 9.47. The van der Waals surface area contributed by atoms with Crippen molar-refractivity contribution in [2.75, 3.05) is 26.7 Å². The molecule has 2 aromatic rings. The lowest BCUT2D eigenvalue weighted by Crippen LogP contribution is -2.49. The van der Waals surface area contributed by atoms with Crippen molar-refractivity contribution in [1.82, 2.24) is 9.21 Å². The first-order chi connectivity index (χ1) is 18.1. The lowest BCUT2D eigenvalue weighted by molar-refractivity contribution is 0.0693. The van der Waals surface area contributed by atoms with Crippen LogP contribution in [0.3, 0.4) is 0 Å². The largest absolute Gasteiger partial charge is 0.487 e. The maximum Gasteiger partial charge on any atom is 0.335 e. The van der Waals surface area contributed by atoms with Crippen molar-refractivity contribution in [2.45, 2.75) is 63.1 Å². The molecule has 8 nitrogen and oxygen atoms in total. The van der Waals surface area contributed by atoms with Crippen molar-refractivity contribution in [3.63, 3.8) is 0 Å². The Morgan fingerprint density at radius 1 is 1.21 bits per heavy atom. The fraction of sp³-hybridized carbons (Fsp3) is 0.483. The maximum atomic E-state index is 13.7. The van der Waals surface area contributed by atoms with E-state index in [4.69, 9.17) is 4.74 Å². The van der Waals surface area contributed by atoms with Crippen LogP contribution in [-0.2, 0) is 16.6 Å². The monoisotopic (exact) mass is 542 g/mol. The molecule has 1 heterocycles. The number of aliphatic hydroxyl groups excluding tert-OH is 1. The minimum Gasteiger partial charge on any atom is -0.487 e. The summed E-state index contributed by atoms with van der Waals surface area (Å²) in [6.07, 6.45) is 6.13. The molecule has 0 fully saturated rings. The number of rotatable bonds is 8. The number of sulfonamides is 1. The molecule has 2 N–H and O–H groups in total. The van der Waals surface area contributed by atoms with Crippen molar-refractivity contribution >= 4 is 21.6 Å². The fourth-order valence-electron chi connectivity index (χ4n) is 5.23. The minimum atomic E-state index is -3.89. The zero-order valence-electron chi connectivity index (χ0n) is 22.3. The highest BCUT2D eigenvalue weighted by atomic mass is 32.2. The first-order valence-corrected chi connectivity index (χ1v) is 14.7. The molecule has 0 aromatic heterocycles. The first kappa shape index (κ1) is 28.3.